The lowest BCUT2D eigenvalue weighted by molar-refractivity contribution is 0.601. The molecule has 0 fully saturated rings. The van der Waals surface area contributed by atoms with Crippen molar-refractivity contribution in [2.75, 3.05) is 4.72 Å². The van der Waals surface area contributed by atoms with Gasteiger partial charge in [-0.1, -0.05) is 89.9 Å². The minimum Gasteiger partial charge on any atom is -0.279 e. The molecular formula is C24H19Cl2NO2S. The molecule has 4 aromatic rings. The zero-order valence-corrected chi connectivity index (χ0v) is 18.3. The second-order valence-corrected chi connectivity index (χ2v) is 9.57. The molecule has 0 aliphatic heterocycles. The number of rotatable bonds is 6. The van der Waals surface area contributed by atoms with Crippen LogP contribution in [0.15, 0.2) is 89.8 Å². The molecule has 30 heavy (non-hydrogen) atoms. The van der Waals surface area contributed by atoms with Gasteiger partial charge in [-0.25, -0.2) is 8.42 Å². The summed E-state index contributed by atoms with van der Waals surface area (Å²) in [6.07, 6.45) is 1.50. The Morgan fingerprint density at radius 3 is 2.13 bits per heavy atom. The minimum atomic E-state index is -3.87. The molecule has 0 bridgehead atoms. The van der Waals surface area contributed by atoms with Crippen molar-refractivity contribution in [3.8, 4) is 0 Å². The first-order valence-corrected chi connectivity index (χ1v) is 11.7. The average molecular weight is 456 g/mol. The number of sulfonamides is 1. The molecule has 0 spiro atoms. The molecule has 3 nitrogen and oxygen atoms in total. The van der Waals surface area contributed by atoms with Gasteiger partial charge in [-0.15, -0.1) is 0 Å². The van der Waals surface area contributed by atoms with Crippen molar-refractivity contribution in [3.63, 3.8) is 0 Å². The Bertz CT molecular complexity index is 1290. The minimum absolute atomic E-state index is 0.0296. The average Bonchev–Trinajstić information content (AvgIpc) is 2.73. The fourth-order valence-electron chi connectivity index (χ4n) is 3.45. The molecule has 0 atom stereocenters. The van der Waals surface area contributed by atoms with E-state index in [1.807, 2.05) is 54.6 Å². The van der Waals surface area contributed by atoms with Gasteiger partial charge in [0.05, 0.1) is 10.6 Å². The number of aryl methyl sites for hydroxylation is 2. The molecule has 0 heterocycles. The molecule has 0 saturated heterocycles. The Morgan fingerprint density at radius 2 is 1.40 bits per heavy atom. The van der Waals surface area contributed by atoms with Gasteiger partial charge < -0.3 is 0 Å². The van der Waals surface area contributed by atoms with Crippen LogP contribution in [-0.4, -0.2) is 8.42 Å². The molecule has 0 radical (unpaired) electrons. The van der Waals surface area contributed by atoms with Gasteiger partial charge in [0.15, 0.2) is 0 Å². The second-order valence-electron chi connectivity index (χ2n) is 7.02. The van der Waals surface area contributed by atoms with Gasteiger partial charge in [0.1, 0.15) is 0 Å². The highest BCUT2D eigenvalue weighted by atomic mass is 35.5. The Morgan fingerprint density at radius 1 is 0.733 bits per heavy atom. The Balaban J connectivity index is 1.75. The number of fused-ring (bicyclic) bond motifs is 1. The Kier molecular flexibility index (Phi) is 6.00. The first-order valence-electron chi connectivity index (χ1n) is 9.46. The van der Waals surface area contributed by atoms with Gasteiger partial charge in [0, 0.05) is 15.4 Å². The summed E-state index contributed by atoms with van der Waals surface area (Å²) in [6.45, 7) is 0. The van der Waals surface area contributed by atoms with E-state index in [-0.39, 0.29) is 14.9 Å². The van der Waals surface area contributed by atoms with Crippen molar-refractivity contribution in [2.24, 2.45) is 0 Å². The van der Waals surface area contributed by atoms with Crippen LogP contribution in [0.4, 0.5) is 5.69 Å². The van der Waals surface area contributed by atoms with Gasteiger partial charge in [0.2, 0.25) is 0 Å². The first-order chi connectivity index (χ1) is 14.4. The smallest absolute Gasteiger partial charge is 0.262 e. The number of benzene rings is 4. The maximum absolute atomic E-state index is 13.1. The van der Waals surface area contributed by atoms with E-state index in [0.717, 1.165) is 22.8 Å². The molecule has 0 unspecified atom stereocenters. The Labute approximate surface area is 186 Å². The van der Waals surface area contributed by atoms with Crippen molar-refractivity contribution in [2.45, 2.75) is 17.7 Å². The van der Waals surface area contributed by atoms with E-state index in [1.165, 1.54) is 23.8 Å². The van der Waals surface area contributed by atoms with E-state index in [0.29, 0.717) is 12.1 Å². The molecule has 4 aromatic carbocycles. The Hall–Kier alpha value is -2.53. The number of anilines is 1. The SMILES string of the molecule is O=S(=O)(Nc1c(CCc2ccccc2)ccc2ccccc12)c1cc(Cl)cc(Cl)c1. The first kappa shape index (κ1) is 20.7. The third-order valence-electron chi connectivity index (χ3n) is 4.92. The summed E-state index contributed by atoms with van der Waals surface area (Å²) in [5.74, 6) is 0. The van der Waals surface area contributed by atoms with Crippen LogP contribution in [0.3, 0.4) is 0 Å². The molecule has 0 aliphatic rings. The van der Waals surface area contributed by atoms with Crippen LogP contribution in [0.25, 0.3) is 10.8 Å². The van der Waals surface area contributed by atoms with Crippen molar-refractivity contribution in [1.82, 2.24) is 0 Å². The lowest BCUT2D eigenvalue weighted by Gasteiger charge is -2.16. The summed E-state index contributed by atoms with van der Waals surface area (Å²) in [5, 5.41) is 2.35. The van der Waals surface area contributed by atoms with Crippen LogP contribution in [-0.2, 0) is 22.9 Å². The van der Waals surface area contributed by atoms with Crippen LogP contribution in [0.5, 0.6) is 0 Å². The normalized spacial score (nSPS) is 11.5. The monoisotopic (exact) mass is 455 g/mol. The second kappa shape index (κ2) is 8.68. The van der Waals surface area contributed by atoms with Gasteiger partial charge in [-0.3, -0.25) is 4.72 Å². The van der Waals surface area contributed by atoms with Crippen LogP contribution in [0.2, 0.25) is 10.0 Å². The zero-order valence-electron chi connectivity index (χ0n) is 16.0. The summed E-state index contributed by atoms with van der Waals surface area (Å²) < 4.78 is 29.1. The quantitative estimate of drug-likeness (QED) is 0.350. The van der Waals surface area contributed by atoms with E-state index in [9.17, 15) is 8.42 Å². The molecule has 0 saturated carbocycles. The zero-order chi connectivity index (χ0) is 21.1. The third kappa shape index (κ3) is 4.62. The van der Waals surface area contributed by atoms with Gasteiger partial charge in [-0.05, 0) is 47.6 Å². The summed E-state index contributed by atoms with van der Waals surface area (Å²) in [5.41, 5.74) is 2.70. The molecule has 0 aromatic heterocycles. The maximum atomic E-state index is 13.1. The van der Waals surface area contributed by atoms with Crippen molar-refractivity contribution in [3.05, 3.63) is 106 Å². The number of nitrogens with one attached hydrogen (secondary N) is 1. The molecule has 1 N–H and O–H groups in total. The van der Waals surface area contributed by atoms with Crippen LogP contribution >= 0.6 is 23.2 Å². The fourth-order valence-corrected chi connectivity index (χ4v) is 5.29. The molecule has 4 rings (SSSR count). The van der Waals surface area contributed by atoms with Crippen LogP contribution < -0.4 is 4.72 Å². The van der Waals surface area contributed by atoms with E-state index in [1.54, 1.807) is 0 Å². The van der Waals surface area contributed by atoms with Crippen molar-refractivity contribution in [1.29, 1.82) is 0 Å². The standard InChI is InChI=1S/C24H19Cl2NO2S/c25-20-14-21(26)16-22(15-20)30(28,29)27-24-19(11-10-17-6-2-1-3-7-17)13-12-18-8-4-5-9-23(18)24/h1-9,12-16,27H,10-11H2. The number of halogens is 2. The van der Waals surface area contributed by atoms with Crippen LogP contribution in [0.1, 0.15) is 11.1 Å². The van der Waals surface area contributed by atoms with E-state index >= 15 is 0 Å². The molecule has 152 valence electrons. The third-order valence-corrected chi connectivity index (χ3v) is 6.69. The number of hydrogen-bond acceptors (Lipinski definition) is 2. The summed E-state index contributed by atoms with van der Waals surface area (Å²) >= 11 is 12.1. The predicted octanol–water partition coefficient (Wildman–Crippen LogP) is 6.73. The number of hydrogen-bond donors (Lipinski definition) is 1. The predicted molar refractivity (Wildman–Crippen MR) is 125 cm³/mol. The summed E-state index contributed by atoms with van der Waals surface area (Å²) in [7, 11) is -3.87. The summed E-state index contributed by atoms with van der Waals surface area (Å²) in [6, 6.07) is 26.1. The molecule has 0 aliphatic carbocycles. The molecule has 6 heteroatoms. The van der Waals surface area contributed by atoms with E-state index in [4.69, 9.17) is 23.2 Å². The largest absolute Gasteiger partial charge is 0.279 e. The lowest BCUT2D eigenvalue weighted by Crippen LogP contribution is -2.15. The highest BCUT2D eigenvalue weighted by Crippen LogP contribution is 2.32. The topological polar surface area (TPSA) is 46.2 Å². The fraction of sp³-hybridized carbons (Fsp3) is 0.0833. The summed E-state index contributed by atoms with van der Waals surface area (Å²) in [4.78, 5) is 0.0296. The van der Waals surface area contributed by atoms with Gasteiger partial charge in [0.25, 0.3) is 10.0 Å². The molecule has 0 amide bonds. The van der Waals surface area contributed by atoms with Crippen molar-refractivity contribution >= 4 is 49.7 Å². The highest BCUT2D eigenvalue weighted by Gasteiger charge is 2.19. The maximum Gasteiger partial charge on any atom is 0.262 e. The highest BCUT2D eigenvalue weighted by molar-refractivity contribution is 7.92. The van der Waals surface area contributed by atoms with Crippen molar-refractivity contribution < 1.29 is 8.42 Å². The lowest BCUT2D eigenvalue weighted by atomic mass is 9.99. The van der Waals surface area contributed by atoms with Gasteiger partial charge >= 0.3 is 0 Å². The van der Waals surface area contributed by atoms with Gasteiger partial charge in [-0.2, -0.15) is 0 Å². The molecular weight excluding hydrogens is 437 g/mol. The van der Waals surface area contributed by atoms with E-state index < -0.39 is 10.0 Å². The van der Waals surface area contributed by atoms with Crippen LogP contribution in [0, 0.1) is 0 Å². The van der Waals surface area contributed by atoms with E-state index in [2.05, 4.69) is 16.9 Å².